The van der Waals surface area contributed by atoms with Crippen LogP contribution in [-0.4, -0.2) is 22.4 Å². The molecule has 0 bridgehead atoms. The first kappa shape index (κ1) is 14.6. The molecule has 0 spiro atoms. The van der Waals surface area contributed by atoms with Crippen LogP contribution in [0.2, 0.25) is 0 Å². The summed E-state index contributed by atoms with van der Waals surface area (Å²) in [5, 5.41) is 0. The van der Waals surface area contributed by atoms with Crippen molar-refractivity contribution >= 4 is 14.2 Å². The fourth-order valence-electron chi connectivity index (χ4n) is 0.258. The summed E-state index contributed by atoms with van der Waals surface area (Å²) in [5.41, 5.74) is 0.414. The lowest BCUT2D eigenvalue weighted by Gasteiger charge is -1.97. The summed E-state index contributed by atoms with van der Waals surface area (Å²) in [5.74, 6) is -0.366. The highest BCUT2D eigenvalue weighted by atomic mass is 31.1. The molecule has 2 N–H and O–H groups in total. The Morgan fingerprint density at radius 3 is 2.23 bits per heavy atom. The molecule has 0 atom stereocenters. The van der Waals surface area contributed by atoms with Crippen molar-refractivity contribution in [2.24, 2.45) is 0 Å². The predicted molar refractivity (Wildman–Crippen MR) is 49.4 cm³/mol. The van der Waals surface area contributed by atoms with Crippen molar-refractivity contribution in [1.82, 2.24) is 0 Å². The zero-order valence-electron chi connectivity index (χ0n) is 7.32. The fraction of sp³-hybridized carbons (Fsp3) is 0.286. The summed E-state index contributed by atoms with van der Waals surface area (Å²) < 4.78 is 13.3. The summed E-state index contributed by atoms with van der Waals surface area (Å²) in [6.07, 6.45) is 1.51. The van der Waals surface area contributed by atoms with Gasteiger partial charge in [-0.1, -0.05) is 19.2 Å². The van der Waals surface area contributed by atoms with Gasteiger partial charge in [-0.3, -0.25) is 4.57 Å². The molecule has 0 saturated carbocycles. The highest BCUT2D eigenvalue weighted by Crippen LogP contribution is 1.98. The van der Waals surface area contributed by atoms with E-state index in [1.807, 2.05) is 0 Å². The van der Waals surface area contributed by atoms with E-state index < -0.39 is 8.25 Å². The third kappa shape index (κ3) is 18.2. The van der Waals surface area contributed by atoms with Crippen molar-refractivity contribution in [3.8, 4) is 0 Å². The normalized spacial score (nSPS) is 8.31. The first-order valence-corrected chi connectivity index (χ1v) is 4.57. The minimum absolute atomic E-state index is 0.256. The van der Waals surface area contributed by atoms with Crippen LogP contribution in [0.4, 0.5) is 0 Å². The monoisotopic (exact) mass is 208 g/mol. The van der Waals surface area contributed by atoms with Crippen LogP contribution in [0.5, 0.6) is 0 Å². The molecule has 0 rings (SSSR count). The minimum atomic E-state index is -3.13. The molecule has 0 saturated heterocycles. The lowest BCUT2D eigenvalue weighted by molar-refractivity contribution is -0.137. The molecule has 0 aliphatic carbocycles. The Labute approximate surface area is 77.3 Å². The van der Waals surface area contributed by atoms with Crippen molar-refractivity contribution in [3.05, 3.63) is 24.8 Å². The molecule has 0 fully saturated rings. The Bertz CT molecular complexity index is 207. The molecule has 13 heavy (non-hydrogen) atoms. The van der Waals surface area contributed by atoms with Gasteiger partial charge < -0.3 is 14.5 Å². The Morgan fingerprint density at radius 2 is 2.00 bits per heavy atom. The number of hydrogen-bond donors (Lipinski definition) is 2. The van der Waals surface area contributed by atoms with Crippen LogP contribution in [0, 0.1) is 0 Å². The number of rotatable bonds is 3. The van der Waals surface area contributed by atoms with Gasteiger partial charge in [-0.05, 0) is 6.92 Å². The molecule has 6 heteroatoms. The van der Waals surface area contributed by atoms with E-state index in [9.17, 15) is 4.79 Å². The van der Waals surface area contributed by atoms with Crippen LogP contribution in [0.15, 0.2) is 24.8 Å². The van der Waals surface area contributed by atoms with E-state index in [0.717, 1.165) is 0 Å². The molecule has 0 aromatic heterocycles. The number of carbonyl (C=O) groups excluding carboxylic acids is 1. The SMILES string of the molecule is C=CCOC(=O)C(=C)C.O=[PH](O)O. The number of hydrogen-bond acceptors (Lipinski definition) is 3. The lowest BCUT2D eigenvalue weighted by atomic mass is 10.4. The van der Waals surface area contributed by atoms with Crippen LogP contribution in [0.1, 0.15) is 6.92 Å². The second-order valence-electron chi connectivity index (χ2n) is 1.95. The quantitative estimate of drug-likeness (QED) is 0.308. The fourth-order valence-corrected chi connectivity index (χ4v) is 0.258. The van der Waals surface area contributed by atoms with Gasteiger partial charge >= 0.3 is 14.2 Å². The summed E-state index contributed by atoms with van der Waals surface area (Å²) in [6, 6.07) is 0. The molecule has 0 aliphatic heterocycles. The number of esters is 1. The molecule has 76 valence electrons. The van der Waals surface area contributed by atoms with E-state index >= 15 is 0 Å². The van der Waals surface area contributed by atoms with Gasteiger partial charge in [-0.15, -0.1) is 0 Å². The second-order valence-corrected chi connectivity index (χ2v) is 2.52. The minimum Gasteiger partial charge on any atom is -0.458 e. The zero-order chi connectivity index (χ0) is 10.9. The highest BCUT2D eigenvalue weighted by Gasteiger charge is 1.98. The molecule has 0 aromatic carbocycles. The summed E-state index contributed by atoms with van der Waals surface area (Å²) in [6.45, 7) is 8.64. The first-order chi connectivity index (χ1) is 5.91. The van der Waals surface area contributed by atoms with E-state index in [0.29, 0.717) is 5.57 Å². The molecule has 0 heterocycles. The molecule has 5 nitrogen and oxygen atoms in total. The lowest BCUT2D eigenvalue weighted by Crippen LogP contribution is -2.03. The van der Waals surface area contributed by atoms with E-state index in [1.165, 1.54) is 6.08 Å². The van der Waals surface area contributed by atoms with E-state index in [1.54, 1.807) is 6.92 Å². The van der Waals surface area contributed by atoms with Crippen molar-refractivity contribution in [2.75, 3.05) is 6.61 Å². The molecule has 0 unspecified atom stereocenters. The predicted octanol–water partition coefficient (Wildman–Crippen LogP) is 0.652. The van der Waals surface area contributed by atoms with Gasteiger partial charge in [-0.2, -0.15) is 0 Å². The Kier molecular flexibility index (Phi) is 10.3. The van der Waals surface area contributed by atoms with Crippen LogP contribution < -0.4 is 0 Å². The van der Waals surface area contributed by atoms with Crippen LogP contribution in [0.3, 0.4) is 0 Å². The average molecular weight is 208 g/mol. The molecule has 0 aliphatic rings. The third-order valence-corrected chi connectivity index (χ3v) is 0.681. The first-order valence-electron chi connectivity index (χ1n) is 3.27. The number of carbonyl (C=O) groups is 1. The van der Waals surface area contributed by atoms with Gasteiger partial charge in [0, 0.05) is 5.57 Å². The Hall–Kier alpha value is -0.900. The summed E-state index contributed by atoms with van der Waals surface area (Å²) in [7, 11) is -3.13. The van der Waals surface area contributed by atoms with Crippen molar-refractivity contribution in [3.63, 3.8) is 0 Å². The zero-order valence-corrected chi connectivity index (χ0v) is 8.32. The van der Waals surface area contributed by atoms with Crippen molar-refractivity contribution < 1.29 is 23.9 Å². The van der Waals surface area contributed by atoms with Crippen LogP contribution in [0.25, 0.3) is 0 Å². The van der Waals surface area contributed by atoms with Gasteiger partial charge in [0.25, 0.3) is 0 Å². The van der Waals surface area contributed by atoms with Crippen LogP contribution in [-0.2, 0) is 14.1 Å². The largest absolute Gasteiger partial charge is 0.458 e. The molecular weight excluding hydrogens is 195 g/mol. The van der Waals surface area contributed by atoms with E-state index in [-0.39, 0.29) is 12.6 Å². The third-order valence-electron chi connectivity index (χ3n) is 0.681. The Morgan fingerprint density at radius 1 is 1.62 bits per heavy atom. The topological polar surface area (TPSA) is 83.8 Å². The summed E-state index contributed by atoms with van der Waals surface area (Å²) in [4.78, 5) is 24.8. The maximum Gasteiger partial charge on any atom is 0.333 e. The van der Waals surface area contributed by atoms with Gasteiger partial charge in [0.05, 0.1) is 0 Å². The Balaban J connectivity index is 0. The van der Waals surface area contributed by atoms with Gasteiger partial charge in [0.15, 0.2) is 0 Å². The maximum atomic E-state index is 10.5. The van der Waals surface area contributed by atoms with E-state index in [2.05, 4.69) is 17.9 Å². The molecular formula is C7H13O5P. The average Bonchev–Trinajstić information content (AvgIpc) is 1.98. The standard InChI is InChI=1S/C7H10O2.H3O3P/c1-4-5-9-7(8)6(2)3;1-4(2)3/h4H,1-2,5H2,3H3;4H,(H2,1,2,3). The van der Waals surface area contributed by atoms with Gasteiger partial charge in [0.2, 0.25) is 0 Å². The van der Waals surface area contributed by atoms with Crippen LogP contribution >= 0.6 is 8.25 Å². The maximum absolute atomic E-state index is 10.5. The molecule has 0 amide bonds. The van der Waals surface area contributed by atoms with E-state index in [4.69, 9.17) is 14.4 Å². The molecule has 0 aromatic rings. The van der Waals surface area contributed by atoms with Gasteiger partial charge in [-0.25, -0.2) is 4.79 Å². The van der Waals surface area contributed by atoms with Crippen molar-refractivity contribution in [1.29, 1.82) is 0 Å². The highest BCUT2D eigenvalue weighted by molar-refractivity contribution is 7.30. The summed E-state index contributed by atoms with van der Waals surface area (Å²) >= 11 is 0. The van der Waals surface area contributed by atoms with Gasteiger partial charge in [0.1, 0.15) is 6.61 Å². The van der Waals surface area contributed by atoms with Crippen molar-refractivity contribution in [2.45, 2.75) is 6.92 Å². The smallest absolute Gasteiger partial charge is 0.333 e. The number of ether oxygens (including phenoxy) is 1. The molecule has 0 radical (unpaired) electrons. The second kappa shape index (κ2) is 9.19.